The lowest BCUT2D eigenvalue weighted by molar-refractivity contribution is 0.209. The number of aliphatic hydroxyl groups excluding tert-OH is 1. The largest absolute Gasteiger partial charge is 0.496 e. The van der Waals surface area contributed by atoms with Crippen molar-refractivity contribution in [3.63, 3.8) is 0 Å². The Hall–Kier alpha value is -1.88. The Kier molecular flexibility index (Phi) is 3.10. The maximum absolute atomic E-state index is 10.2. The molecule has 1 heterocycles. The minimum absolute atomic E-state index is 0.442. The molecule has 0 saturated heterocycles. The van der Waals surface area contributed by atoms with E-state index in [1.807, 2.05) is 26.0 Å². The van der Waals surface area contributed by atoms with Crippen LogP contribution in [0.15, 0.2) is 18.5 Å². The van der Waals surface area contributed by atoms with Crippen LogP contribution in [0.5, 0.6) is 5.75 Å². The molecule has 0 aliphatic rings. The summed E-state index contributed by atoms with van der Waals surface area (Å²) in [5.41, 5.74) is 2.74. The highest BCUT2D eigenvalue weighted by Gasteiger charge is 2.17. The Morgan fingerprint density at radius 2 is 2.06 bits per heavy atom. The quantitative estimate of drug-likeness (QED) is 0.843. The van der Waals surface area contributed by atoms with Gasteiger partial charge >= 0.3 is 0 Å². The molecule has 0 aliphatic heterocycles. The number of aliphatic hydroxyl groups is 1. The summed E-state index contributed by atoms with van der Waals surface area (Å²) in [6.45, 7) is 3.87. The molecule has 0 fully saturated rings. The number of aryl methyl sites for hydroxylation is 2. The topological polar surface area (TPSA) is 71.0 Å². The van der Waals surface area contributed by atoms with Crippen molar-refractivity contribution >= 4 is 0 Å². The third kappa shape index (κ3) is 2.14. The number of hydrogen-bond acceptors (Lipinski definition) is 4. The van der Waals surface area contributed by atoms with Crippen LogP contribution in [0.4, 0.5) is 0 Å². The van der Waals surface area contributed by atoms with Gasteiger partial charge in [0.1, 0.15) is 18.2 Å². The minimum Gasteiger partial charge on any atom is -0.496 e. The van der Waals surface area contributed by atoms with E-state index >= 15 is 0 Å². The van der Waals surface area contributed by atoms with Crippen molar-refractivity contribution in [2.45, 2.75) is 20.0 Å². The van der Waals surface area contributed by atoms with Gasteiger partial charge in [-0.1, -0.05) is 0 Å². The number of aromatic amines is 1. The molecule has 5 nitrogen and oxygen atoms in total. The first-order valence-corrected chi connectivity index (χ1v) is 5.32. The van der Waals surface area contributed by atoms with Crippen LogP contribution in [0, 0.1) is 13.8 Å². The van der Waals surface area contributed by atoms with Gasteiger partial charge in [-0.05, 0) is 42.7 Å². The minimum atomic E-state index is -0.790. The van der Waals surface area contributed by atoms with E-state index in [2.05, 4.69) is 15.2 Å². The highest BCUT2D eigenvalue weighted by molar-refractivity contribution is 5.43. The lowest BCUT2D eigenvalue weighted by Crippen LogP contribution is -2.05. The number of hydrogen-bond donors (Lipinski definition) is 2. The third-order valence-electron chi connectivity index (χ3n) is 2.77. The van der Waals surface area contributed by atoms with E-state index in [-0.39, 0.29) is 0 Å². The van der Waals surface area contributed by atoms with Gasteiger partial charge in [0, 0.05) is 0 Å². The SMILES string of the molecule is COc1cc(C)c(C(O)c2ncn[nH]2)cc1C. The lowest BCUT2D eigenvalue weighted by Gasteiger charge is -2.14. The van der Waals surface area contributed by atoms with Crippen LogP contribution < -0.4 is 4.74 Å². The van der Waals surface area contributed by atoms with Gasteiger partial charge in [0.2, 0.25) is 0 Å². The monoisotopic (exact) mass is 233 g/mol. The number of methoxy groups -OCH3 is 1. The lowest BCUT2D eigenvalue weighted by atomic mass is 9.99. The van der Waals surface area contributed by atoms with Gasteiger partial charge in [-0.15, -0.1) is 0 Å². The first-order chi connectivity index (χ1) is 8.13. The third-order valence-corrected chi connectivity index (χ3v) is 2.77. The summed E-state index contributed by atoms with van der Waals surface area (Å²) in [5, 5.41) is 16.6. The van der Waals surface area contributed by atoms with Crippen LogP contribution in [0.1, 0.15) is 28.6 Å². The molecule has 1 unspecified atom stereocenters. The Morgan fingerprint density at radius 3 is 2.65 bits per heavy atom. The summed E-state index contributed by atoms with van der Waals surface area (Å²) in [6.07, 6.45) is 0.590. The smallest absolute Gasteiger partial charge is 0.157 e. The molecule has 90 valence electrons. The number of benzene rings is 1. The van der Waals surface area contributed by atoms with E-state index in [9.17, 15) is 5.11 Å². The molecule has 2 N–H and O–H groups in total. The standard InChI is InChI=1S/C12H15N3O2/c1-7-5-10(17-3)8(2)4-9(7)11(16)12-13-6-14-15-12/h4-6,11,16H,1-3H3,(H,13,14,15). The van der Waals surface area contributed by atoms with Gasteiger partial charge < -0.3 is 9.84 Å². The molecule has 2 aromatic rings. The van der Waals surface area contributed by atoms with Crippen molar-refractivity contribution in [2.24, 2.45) is 0 Å². The van der Waals surface area contributed by atoms with Crippen molar-refractivity contribution in [3.05, 3.63) is 41.0 Å². The molecule has 0 aliphatic carbocycles. The van der Waals surface area contributed by atoms with Crippen LogP contribution >= 0.6 is 0 Å². The van der Waals surface area contributed by atoms with Crippen LogP contribution in [0.2, 0.25) is 0 Å². The maximum Gasteiger partial charge on any atom is 0.157 e. The summed E-state index contributed by atoms with van der Waals surface area (Å²) in [4.78, 5) is 3.96. The molecular formula is C12H15N3O2. The second kappa shape index (κ2) is 4.55. The molecule has 0 spiro atoms. The first-order valence-electron chi connectivity index (χ1n) is 5.32. The van der Waals surface area contributed by atoms with Gasteiger partial charge in [-0.2, -0.15) is 5.10 Å². The van der Waals surface area contributed by atoms with Gasteiger partial charge in [0.05, 0.1) is 7.11 Å². The van der Waals surface area contributed by atoms with E-state index in [0.717, 1.165) is 22.4 Å². The summed E-state index contributed by atoms with van der Waals surface area (Å²) >= 11 is 0. The van der Waals surface area contributed by atoms with Gasteiger partial charge in [-0.25, -0.2) is 4.98 Å². The molecule has 5 heteroatoms. The Balaban J connectivity index is 2.42. The molecule has 0 radical (unpaired) electrons. The fraction of sp³-hybridized carbons (Fsp3) is 0.333. The van der Waals surface area contributed by atoms with E-state index in [0.29, 0.717) is 5.82 Å². The van der Waals surface area contributed by atoms with Gasteiger partial charge in [0.25, 0.3) is 0 Å². The van der Waals surface area contributed by atoms with Crippen LogP contribution in [0.3, 0.4) is 0 Å². The summed E-state index contributed by atoms with van der Waals surface area (Å²) in [6, 6.07) is 3.81. The predicted octanol–water partition coefficient (Wildman–Crippen LogP) is 1.51. The number of rotatable bonds is 3. The molecule has 0 bridgehead atoms. The van der Waals surface area contributed by atoms with Crippen molar-refractivity contribution in [3.8, 4) is 5.75 Å². The number of ether oxygens (including phenoxy) is 1. The molecule has 1 atom stereocenters. The Morgan fingerprint density at radius 1 is 1.29 bits per heavy atom. The van der Waals surface area contributed by atoms with Crippen LogP contribution in [-0.2, 0) is 0 Å². The Bertz CT molecular complexity index is 509. The van der Waals surface area contributed by atoms with Crippen LogP contribution in [0.25, 0.3) is 0 Å². The van der Waals surface area contributed by atoms with Crippen molar-refractivity contribution in [1.82, 2.24) is 15.2 Å². The molecule has 1 aromatic carbocycles. The average molecular weight is 233 g/mol. The van der Waals surface area contributed by atoms with Crippen molar-refractivity contribution in [2.75, 3.05) is 7.11 Å². The molecular weight excluding hydrogens is 218 g/mol. The Labute approximate surface area is 99.5 Å². The van der Waals surface area contributed by atoms with Crippen LogP contribution in [-0.4, -0.2) is 27.4 Å². The molecule has 0 amide bonds. The van der Waals surface area contributed by atoms with E-state index in [1.165, 1.54) is 6.33 Å². The predicted molar refractivity (Wildman–Crippen MR) is 62.9 cm³/mol. The van der Waals surface area contributed by atoms with Crippen molar-refractivity contribution in [1.29, 1.82) is 0 Å². The number of aromatic nitrogens is 3. The van der Waals surface area contributed by atoms with Crippen molar-refractivity contribution < 1.29 is 9.84 Å². The summed E-state index contributed by atoms with van der Waals surface area (Å²) in [7, 11) is 1.63. The zero-order valence-electron chi connectivity index (χ0n) is 10.1. The van der Waals surface area contributed by atoms with E-state index in [1.54, 1.807) is 7.11 Å². The summed E-state index contributed by atoms with van der Waals surface area (Å²) < 4.78 is 5.23. The van der Waals surface area contributed by atoms with E-state index in [4.69, 9.17) is 4.74 Å². The highest BCUT2D eigenvalue weighted by Crippen LogP contribution is 2.28. The average Bonchev–Trinajstić information content (AvgIpc) is 2.84. The molecule has 17 heavy (non-hydrogen) atoms. The molecule has 2 rings (SSSR count). The van der Waals surface area contributed by atoms with Gasteiger partial charge in [-0.3, -0.25) is 5.10 Å². The first kappa shape index (κ1) is 11.6. The number of nitrogens with zero attached hydrogens (tertiary/aromatic N) is 2. The van der Waals surface area contributed by atoms with E-state index < -0.39 is 6.10 Å². The normalized spacial score (nSPS) is 12.5. The highest BCUT2D eigenvalue weighted by atomic mass is 16.5. The van der Waals surface area contributed by atoms with Gasteiger partial charge in [0.15, 0.2) is 5.82 Å². The second-order valence-electron chi connectivity index (χ2n) is 3.95. The number of nitrogens with one attached hydrogen (secondary N) is 1. The number of H-pyrrole nitrogens is 1. The zero-order chi connectivity index (χ0) is 12.4. The molecule has 1 aromatic heterocycles. The maximum atomic E-state index is 10.2. The summed E-state index contributed by atoms with van der Waals surface area (Å²) in [5.74, 6) is 1.26. The zero-order valence-corrected chi connectivity index (χ0v) is 10.1. The fourth-order valence-electron chi connectivity index (χ4n) is 1.82. The molecule has 0 saturated carbocycles. The fourth-order valence-corrected chi connectivity index (χ4v) is 1.82. The second-order valence-corrected chi connectivity index (χ2v) is 3.95.